The van der Waals surface area contributed by atoms with Crippen LogP contribution in [0.15, 0.2) is 24.3 Å². The predicted molar refractivity (Wildman–Crippen MR) is 124 cm³/mol. The molecule has 0 spiro atoms. The van der Waals surface area contributed by atoms with Gasteiger partial charge in [0.05, 0.1) is 12.2 Å². The molecule has 1 aromatic rings. The number of hydrogen-bond acceptors (Lipinski definition) is 3. The van der Waals surface area contributed by atoms with Gasteiger partial charge in [0.15, 0.2) is 0 Å². The zero-order chi connectivity index (χ0) is 22.4. The van der Waals surface area contributed by atoms with E-state index in [1.807, 2.05) is 12.1 Å². The number of carboxylic acids is 1. The van der Waals surface area contributed by atoms with Crippen molar-refractivity contribution in [1.82, 2.24) is 0 Å². The molecule has 5 heteroatoms. The highest BCUT2D eigenvalue weighted by Crippen LogP contribution is 2.54. The van der Waals surface area contributed by atoms with Crippen LogP contribution in [0.25, 0.3) is 0 Å². The molecule has 3 rings (SSSR count). The summed E-state index contributed by atoms with van der Waals surface area (Å²) in [5, 5.41) is 30.7. The summed E-state index contributed by atoms with van der Waals surface area (Å²) in [5.74, 6) is -0.529. The molecule has 0 amide bonds. The van der Waals surface area contributed by atoms with Crippen molar-refractivity contribution in [2.24, 2.45) is 11.3 Å². The Hall–Kier alpha value is -1.10. The van der Waals surface area contributed by atoms with Crippen LogP contribution in [0.2, 0.25) is 0 Å². The highest BCUT2D eigenvalue weighted by molar-refractivity contribution is 6.21. The topological polar surface area (TPSA) is 77.8 Å². The number of carboxylic acid groups (broad SMARTS) is 1. The smallest absolute Gasteiger partial charge is 0.303 e. The number of rotatable bonds is 12. The van der Waals surface area contributed by atoms with Gasteiger partial charge in [-0.25, -0.2) is 0 Å². The fourth-order valence-corrected chi connectivity index (χ4v) is 6.45. The van der Waals surface area contributed by atoms with Crippen molar-refractivity contribution >= 4 is 17.6 Å². The van der Waals surface area contributed by atoms with E-state index in [2.05, 4.69) is 19.1 Å². The lowest BCUT2D eigenvalue weighted by atomic mass is 9.61. The van der Waals surface area contributed by atoms with Crippen LogP contribution in [0.5, 0.6) is 0 Å². The molecular weight excluding hydrogens is 412 g/mol. The number of unbranched alkanes of at least 4 members (excludes halogenated alkanes) is 3. The van der Waals surface area contributed by atoms with Crippen molar-refractivity contribution in [2.75, 3.05) is 0 Å². The molecule has 5 atom stereocenters. The Morgan fingerprint density at radius 1 is 1.23 bits per heavy atom. The number of hydrogen-bond donors (Lipinski definition) is 3. The van der Waals surface area contributed by atoms with E-state index in [0.717, 1.165) is 68.9 Å². The Morgan fingerprint density at radius 2 is 1.97 bits per heavy atom. The third kappa shape index (κ3) is 5.83. The van der Waals surface area contributed by atoms with Gasteiger partial charge < -0.3 is 15.3 Å². The molecule has 174 valence electrons. The van der Waals surface area contributed by atoms with Crippen molar-refractivity contribution in [3.63, 3.8) is 0 Å². The van der Waals surface area contributed by atoms with Crippen LogP contribution < -0.4 is 0 Å². The highest BCUT2D eigenvalue weighted by Gasteiger charge is 2.44. The second-order valence-corrected chi connectivity index (χ2v) is 10.5. The average molecular weight is 451 g/mol. The fourth-order valence-electron chi connectivity index (χ4n) is 5.98. The van der Waals surface area contributed by atoms with Gasteiger partial charge in [-0.05, 0) is 55.6 Å². The van der Waals surface area contributed by atoms with Crippen molar-refractivity contribution in [3.8, 4) is 0 Å². The van der Waals surface area contributed by atoms with E-state index in [1.165, 1.54) is 6.42 Å². The molecular formula is C26H39ClO4. The third-order valence-corrected chi connectivity index (χ3v) is 8.28. The van der Waals surface area contributed by atoms with Crippen molar-refractivity contribution in [2.45, 2.75) is 107 Å². The first-order chi connectivity index (χ1) is 14.9. The van der Waals surface area contributed by atoms with Crippen LogP contribution in [0.4, 0.5) is 0 Å². The summed E-state index contributed by atoms with van der Waals surface area (Å²) in [7, 11) is 0. The van der Waals surface area contributed by atoms with E-state index < -0.39 is 18.2 Å². The Kier molecular flexibility index (Phi) is 8.83. The lowest BCUT2D eigenvalue weighted by molar-refractivity contribution is -0.137. The van der Waals surface area contributed by atoms with Crippen molar-refractivity contribution < 1.29 is 20.1 Å². The Balaban J connectivity index is 1.66. The molecule has 31 heavy (non-hydrogen) atoms. The van der Waals surface area contributed by atoms with Crippen molar-refractivity contribution in [1.29, 1.82) is 0 Å². The molecule has 2 saturated carbocycles. The minimum Gasteiger partial charge on any atom is -0.481 e. The number of benzene rings is 1. The minimum absolute atomic E-state index is 0.00261. The van der Waals surface area contributed by atoms with Crippen LogP contribution in [-0.4, -0.2) is 32.8 Å². The lowest BCUT2D eigenvalue weighted by Crippen LogP contribution is -2.36. The number of aliphatic carboxylic acids is 1. The van der Waals surface area contributed by atoms with Crippen LogP contribution in [0.1, 0.15) is 107 Å². The molecule has 0 bridgehead atoms. The maximum Gasteiger partial charge on any atom is 0.303 e. The molecule has 0 heterocycles. The molecule has 2 aliphatic carbocycles. The maximum absolute atomic E-state index is 11.2. The van der Waals surface area contributed by atoms with Gasteiger partial charge in [0.25, 0.3) is 0 Å². The lowest BCUT2D eigenvalue weighted by Gasteiger charge is -2.46. The van der Waals surface area contributed by atoms with Gasteiger partial charge in [0, 0.05) is 23.1 Å². The van der Waals surface area contributed by atoms with Gasteiger partial charge >= 0.3 is 5.97 Å². The van der Waals surface area contributed by atoms with Gasteiger partial charge in [0.2, 0.25) is 0 Å². The Morgan fingerprint density at radius 3 is 2.61 bits per heavy atom. The molecule has 0 saturated heterocycles. The second-order valence-electron chi connectivity index (χ2n) is 9.89. The van der Waals surface area contributed by atoms with E-state index in [-0.39, 0.29) is 29.0 Å². The second kappa shape index (κ2) is 11.2. The van der Waals surface area contributed by atoms with Gasteiger partial charge in [0.1, 0.15) is 0 Å². The van der Waals surface area contributed by atoms with Gasteiger partial charge in [-0.2, -0.15) is 0 Å². The molecule has 2 aliphatic rings. The first-order valence-electron chi connectivity index (χ1n) is 12.2. The number of aliphatic hydroxyl groups excluding tert-OH is 2. The summed E-state index contributed by atoms with van der Waals surface area (Å²) in [5.41, 5.74) is 2.09. The molecule has 0 aromatic heterocycles. The molecule has 3 N–H and O–H groups in total. The van der Waals surface area contributed by atoms with E-state index >= 15 is 0 Å². The summed E-state index contributed by atoms with van der Waals surface area (Å²) >= 11 is 6.66. The number of halogens is 1. The standard InChI is InChI=1S/C26H39ClO4/c1-2-13-26(14-8-15-26)25(31)19-10-7-9-18(16-19)24-20(21(27)17-22(24)28)11-5-3-4-6-12-23(29)30/h7,9-10,16,20-22,24-25,28,31H,2-6,8,11-15,17H2,1H3,(H,29,30). The molecule has 4 nitrogen and oxygen atoms in total. The Bertz CT molecular complexity index is 717. The molecule has 1 aromatic carbocycles. The van der Waals surface area contributed by atoms with Crippen LogP contribution >= 0.6 is 11.6 Å². The normalized spacial score (nSPS) is 28.3. The Labute approximate surface area is 192 Å². The van der Waals surface area contributed by atoms with E-state index in [4.69, 9.17) is 16.7 Å². The van der Waals surface area contributed by atoms with Gasteiger partial charge in [-0.3, -0.25) is 4.79 Å². The van der Waals surface area contributed by atoms with Crippen LogP contribution in [-0.2, 0) is 4.79 Å². The largest absolute Gasteiger partial charge is 0.481 e. The zero-order valence-electron chi connectivity index (χ0n) is 18.8. The maximum atomic E-state index is 11.2. The van der Waals surface area contributed by atoms with Crippen LogP contribution in [0.3, 0.4) is 0 Å². The van der Waals surface area contributed by atoms with E-state index in [1.54, 1.807) is 0 Å². The number of alkyl halides is 1. The summed E-state index contributed by atoms with van der Waals surface area (Å²) in [6, 6.07) is 8.24. The monoisotopic (exact) mass is 450 g/mol. The minimum atomic E-state index is -0.732. The first-order valence-corrected chi connectivity index (χ1v) is 12.6. The fraction of sp³-hybridized carbons (Fsp3) is 0.731. The van der Waals surface area contributed by atoms with Gasteiger partial charge in [-0.1, -0.05) is 63.3 Å². The predicted octanol–water partition coefficient (Wildman–Crippen LogP) is 6.19. The highest BCUT2D eigenvalue weighted by atomic mass is 35.5. The zero-order valence-corrected chi connectivity index (χ0v) is 19.6. The molecule has 0 aliphatic heterocycles. The van der Waals surface area contributed by atoms with Crippen molar-refractivity contribution in [3.05, 3.63) is 35.4 Å². The number of aliphatic hydroxyl groups is 2. The molecule has 5 unspecified atom stereocenters. The summed E-state index contributed by atoms with van der Waals surface area (Å²) in [6.07, 6.45) is 10.0. The summed E-state index contributed by atoms with van der Waals surface area (Å²) in [4.78, 5) is 10.7. The van der Waals surface area contributed by atoms with E-state index in [9.17, 15) is 15.0 Å². The third-order valence-electron chi connectivity index (χ3n) is 7.77. The summed E-state index contributed by atoms with van der Waals surface area (Å²) < 4.78 is 0. The van der Waals surface area contributed by atoms with E-state index in [0.29, 0.717) is 6.42 Å². The molecule has 0 radical (unpaired) electrons. The number of carbonyl (C=O) groups is 1. The molecule has 2 fully saturated rings. The quantitative estimate of drug-likeness (QED) is 0.262. The van der Waals surface area contributed by atoms with Crippen LogP contribution in [0, 0.1) is 11.3 Å². The van der Waals surface area contributed by atoms with Gasteiger partial charge in [-0.15, -0.1) is 11.6 Å². The first kappa shape index (κ1) is 24.5. The summed E-state index contributed by atoms with van der Waals surface area (Å²) in [6.45, 7) is 2.19. The average Bonchev–Trinajstić information content (AvgIpc) is 2.99. The SMILES string of the molecule is CCCC1(C(O)c2cccc(C3C(O)CC(Cl)C3CCCCCCC(=O)O)c2)CCC1.